The average molecular weight is 220 g/mol. The number of amides is 1. The van der Waals surface area contributed by atoms with E-state index >= 15 is 0 Å². The molecule has 2 N–H and O–H groups in total. The summed E-state index contributed by atoms with van der Waals surface area (Å²) in [7, 11) is 6.00. The van der Waals surface area contributed by atoms with Crippen LogP contribution in [0.5, 0.6) is 0 Å². The maximum atomic E-state index is 10.7. The lowest BCUT2D eigenvalue weighted by atomic mass is 10.1. The zero-order valence-corrected chi connectivity index (χ0v) is 10.4. The van der Waals surface area contributed by atoms with Crippen molar-refractivity contribution in [3.63, 3.8) is 0 Å². The summed E-state index contributed by atoms with van der Waals surface area (Å²) in [5, 5.41) is 0. The van der Waals surface area contributed by atoms with Gasteiger partial charge in [-0.3, -0.25) is 4.79 Å². The van der Waals surface area contributed by atoms with Crippen molar-refractivity contribution in [2.45, 2.75) is 6.92 Å². The van der Waals surface area contributed by atoms with E-state index in [0.717, 1.165) is 11.1 Å². The van der Waals surface area contributed by atoms with E-state index in [0.29, 0.717) is 5.56 Å². The molecule has 0 saturated carbocycles. The van der Waals surface area contributed by atoms with Gasteiger partial charge in [0.1, 0.15) is 0 Å². The third-order valence-electron chi connectivity index (χ3n) is 1.66. The molecule has 1 aromatic carbocycles. The van der Waals surface area contributed by atoms with Crippen LogP contribution >= 0.6 is 0 Å². The van der Waals surface area contributed by atoms with E-state index < -0.39 is 5.91 Å². The maximum absolute atomic E-state index is 10.7. The smallest absolute Gasteiger partial charge is 0.248 e. The minimum atomic E-state index is -0.400. The molecule has 88 valence electrons. The van der Waals surface area contributed by atoms with E-state index in [1.807, 2.05) is 45.1 Å². The fourth-order valence-corrected chi connectivity index (χ4v) is 0.919. The summed E-state index contributed by atoms with van der Waals surface area (Å²) in [5.41, 5.74) is 7.61. The van der Waals surface area contributed by atoms with Crippen LogP contribution in [0.1, 0.15) is 22.8 Å². The van der Waals surface area contributed by atoms with E-state index in [4.69, 9.17) is 5.73 Å². The molecule has 0 aliphatic rings. The first-order chi connectivity index (χ1) is 7.34. The van der Waals surface area contributed by atoms with E-state index in [-0.39, 0.29) is 0 Å². The van der Waals surface area contributed by atoms with Crippen molar-refractivity contribution in [2.75, 3.05) is 21.1 Å². The van der Waals surface area contributed by atoms with Crippen molar-refractivity contribution >= 4 is 11.5 Å². The van der Waals surface area contributed by atoms with Crippen LogP contribution in [0.25, 0.3) is 5.57 Å². The molecule has 0 heterocycles. The van der Waals surface area contributed by atoms with Gasteiger partial charge < -0.3 is 10.6 Å². The van der Waals surface area contributed by atoms with Gasteiger partial charge in [-0.1, -0.05) is 24.3 Å². The molecule has 0 spiro atoms. The molecule has 0 atom stereocenters. The van der Waals surface area contributed by atoms with Gasteiger partial charge in [0.05, 0.1) is 0 Å². The molecule has 0 bridgehead atoms. The lowest BCUT2D eigenvalue weighted by molar-refractivity contribution is 0.100. The number of hydrogen-bond acceptors (Lipinski definition) is 2. The molecular weight excluding hydrogens is 200 g/mol. The predicted octanol–water partition coefficient (Wildman–Crippen LogP) is 2.00. The van der Waals surface area contributed by atoms with E-state index in [1.54, 1.807) is 12.1 Å². The minimum absolute atomic E-state index is 0.400. The second kappa shape index (κ2) is 6.80. The van der Waals surface area contributed by atoms with E-state index in [1.165, 1.54) is 0 Å². The first-order valence-electron chi connectivity index (χ1n) is 5.01. The Morgan fingerprint density at radius 3 is 1.69 bits per heavy atom. The highest BCUT2D eigenvalue weighted by atomic mass is 16.1. The van der Waals surface area contributed by atoms with Crippen molar-refractivity contribution in [1.82, 2.24) is 4.90 Å². The highest BCUT2D eigenvalue weighted by Crippen LogP contribution is 2.11. The lowest BCUT2D eigenvalue weighted by Crippen LogP contribution is -2.10. The quantitative estimate of drug-likeness (QED) is 0.828. The average Bonchev–Trinajstić information content (AvgIpc) is 2.17. The Labute approximate surface area is 97.6 Å². The summed E-state index contributed by atoms with van der Waals surface area (Å²) < 4.78 is 0. The fourth-order valence-electron chi connectivity index (χ4n) is 0.919. The molecule has 0 saturated heterocycles. The minimum Gasteiger partial charge on any atom is -0.366 e. The van der Waals surface area contributed by atoms with Gasteiger partial charge in [0.2, 0.25) is 5.91 Å². The van der Waals surface area contributed by atoms with Crippen LogP contribution in [0.2, 0.25) is 0 Å². The summed E-state index contributed by atoms with van der Waals surface area (Å²) in [5.74, 6) is -0.400. The Bertz CT molecular complexity index is 317. The summed E-state index contributed by atoms with van der Waals surface area (Å²) in [4.78, 5) is 12.7. The zero-order valence-electron chi connectivity index (χ0n) is 10.4. The van der Waals surface area contributed by atoms with Crippen LogP contribution in [-0.4, -0.2) is 32.0 Å². The standard InChI is InChI=1S/C10H11NO.C3H9N/c1-7(2)8-3-5-9(6-4-8)10(11)12;1-4(2)3/h3-6H,1H2,2H3,(H2,11,12);1-3H3. The van der Waals surface area contributed by atoms with Crippen LogP contribution in [0, 0.1) is 0 Å². The monoisotopic (exact) mass is 220 g/mol. The number of rotatable bonds is 2. The number of carbonyl (C=O) groups is 1. The molecule has 0 unspecified atom stereocenters. The zero-order chi connectivity index (χ0) is 12.7. The molecule has 3 heteroatoms. The second-order valence-electron chi connectivity index (χ2n) is 4.06. The number of nitrogens with zero attached hydrogens (tertiary/aromatic N) is 1. The molecule has 0 aliphatic carbocycles. The van der Waals surface area contributed by atoms with Gasteiger partial charge in [-0.05, 0) is 45.8 Å². The number of hydrogen-bond donors (Lipinski definition) is 1. The molecule has 3 nitrogen and oxygen atoms in total. The summed E-state index contributed by atoms with van der Waals surface area (Å²) in [6, 6.07) is 7.07. The lowest BCUT2D eigenvalue weighted by Gasteiger charge is -1.99. The summed E-state index contributed by atoms with van der Waals surface area (Å²) in [6.45, 7) is 5.70. The van der Waals surface area contributed by atoms with Gasteiger partial charge in [-0.25, -0.2) is 0 Å². The van der Waals surface area contributed by atoms with Crippen LogP contribution < -0.4 is 5.73 Å². The van der Waals surface area contributed by atoms with Crippen LogP contribution in [0.3, 0.4) is 0 Å². The third-order valence-corrected chi connectivity index (χ3v) is 1.66. The van der Waals surface area contributed by atoms with Crippen LogP contribution in [0.4, 0.5) is 0 Å². The number of nitrogens with two attached hydrogens (primary N) is 1. The first-order valence-corrected chi connectivity index (χ1v) is 5.01. The Kier molecular flexibility index (Phi) is 6.11. The molecule has 0 radical (unpaired) electrons. The third kappa shape index (κ3) is 5.98. The number of benzene rings is 1. The first kappa shape index (κ1) is 14.4. The Morgan fingerprint density at radius 2 is 1.44 bits per heavy atom. The molecule has 16 heavy (non-hydrogen) atoms. The molecule has 1 rings (SSSR count). The fraction of sp³-hybridized carbons (Fsp3) is 0.308. The molecule has 0 aromatic heterocycles. The number of allylic oxidation sites excluding steroid dienone is 1. The maximum Gasteiger partial charge on any atom is 0.248 e. The summed E-state index contributed by atoms with van der Waals surface area (Å²) >= 11 is 0. The van der Waals surface area contributed by atoms with Gasteiger partial charge >= 0.3 is 0 Å². The highest BCUT2D eigenvalue weighted by Gasteiger charge is 1.98. The normalized spacial score (nSPS) is 9.31. The van der Waals surface area contributed by atoms with Crippen molar-refractivity contribution in [2.24, 2.45) is 5.73 Å². The molecule has 1 aromatic rings. The largest absolute Gasteiger partial charge is 0.366 e. The van der Waals surface area contributed by atoms with Crippen LogP contribution in [0.15, 0.2) is 30.8 Å². The topological polar surface area (TPSA) is 46.3 Å². The van der Waals surface area contributed by atoms with Gasteiger partial charge in [-0.15, -0.1) is 0 Å². The Hall–Kier alpha value is -1.61. The van der Waals surface area contributed by atoms with Crippen molar-refractivity contribution in [3.8, 4) is 0 Å². The molecule has 1 amide bonds. The molecular formula is C13H20N2O. The van der Waals surface area contributed by atoms with Crippen molar-refractivity contribution in [3.05, 3.63) is 42.0 Å². The Morgan fingerprint density at radius 1 is 1.12 bits per heavy atom. The SMILES string of the molecule is C=C(C)c1ccc(C(N)=O)cc1.CN(C)C. The predicted molar refractivity (Wildman–Crippen MR) is 69.3 cm³/mol. The van der Waals surface area contributed by atoms with Crippen LogP contribution in [-0.2, 0) is 0 Å². The van der Waals surface area contributed by atoms with E-state index in [2.05, 4.69) is 6.58 Å². The van der Waals surface area contributed by atoms with E-state index in [9.17, 15) is 4.79 Å². The summed E-state index contributed by atoms with van der Waals surface area (Å²) in [6.07, 6.45) is 0. The highest BCUT2D eigenvalue weighted by molar-refractivity contribution is 5.93. The Balaban J connectivity index is 0.000000487. The van der Waals surface area contributed by atoms with Gasteiger partial charge in [0.15, 0.2) is 0 Å². The molecule has 0 fully saturated rings. The van der Waals surface area contributed by atoms with Gasteiger partial charge in [0.25, 0.3) is 0 Å². The van der Waals surface area contributed by atoms with Crippen molar-refractivity contribution in [1.29, 1.82) is 0 Å². The number of primary amides is 1. The van der Waals surface area contributed by atoms with Crippen molar-refractivity contribution < 1.29 is 4.79 Å². The second-order valence-corrected chi connectivity index (χ2v) is 4.06. The van der Waals surface area contributed by atoms with Gasteiger partial charge in [0, 0.05) is 5.56 Å². The number of carbonyl (C=O) groups excluding carboxylic acids is 1. The van der Waals surface area contributed by atoms with Gasteiger partial charge in [-0.2, -0.15) is 0 Å². The molecule has 0 aliphatic heterocycles.